The monoisotopic (exact) mass is 469 g/mol. The molecule has 0 saturated carbocycles. The first-order valence-electron chi connectivity index (χ1n) is 8.79. The van der Waals surface area contributed by atoms with Gasteiger partial charge in [-0.3, -0.25) is 9.78 Å². The summed E-state index contributed by atoms with van der Waals surface area (Å²) in [5.41, 5.74) is 1.27. The second-order valence-corrected chi connectivity index (χ2v) is 9.02. The van der Waals surface area contributed by atoms with Gasteiger partial charge in [0.25, 0.3) is 0 Å². The van der Waals surface area contributed by atoms with E-state index in [1.54, 1.807) is 19.1 Å². The van der Waals surface area contributed by atoms with Crippen molar-refractivity contribution in [2.24, 2.45) is 0 Å². The number of nitrogens with zero attached hydrogens (tertiary/aromatic N) is 1. The van der Waals surface area contributed by atoms with E-state index in [9.17, 15) is 26.4 Å². The lowest BCUT2D eigenvalue weighted by Gasteiger charge is -2.12. The van der Waals surface area contributed by atoms with Gasteiger partial charge < -0.3 is 4.74 Å². The average molecular weight is 470 g/mol. The molecule has 2 aromatic carbocycles. The molecule has 0 fully saturated rings. The lowest BCUT2D eigenvalue weighted by Crippen LogP contribution is -2.17. The number of sulfone groups is 1. The Morgan fingerprint density at radius 3 is 2.32 bits per heavy atom. The zero-order valence-electron chi connectivity index (χ0n) is 16.0. The summed E-state index contributed by atoms with van der Waals surface area (Å²) in [4.78, 5) is 16.8. The van der Waals surface area contributed by atoms with Gasteiger partial charge in [0.1, 0.15) is 5.75 Å². The van der Waals surface area contributed by atoms with Crippen molar-refractivity contribution in [3.8, 4) is 5.75 Å². The van der Waals surface area contributed by atoms with Crippen LogP contribution in [0, 0.1) is 6.92 Å². The number of hydrogen-bond donors (Lipinski definition) is 0. The van der Waals surface area contributed by atoms with E-state index in [1.165, 1.54) is 24.4 Å². The standard InChI is InChI=1S/C21H15ClF3NO4S/c1-13-2-3-14(11-26-13)20(27)19-10-16(22)5-4-15(19)12-31(28,29)18-8-6-17(7-9-18)30-21(23,24)25/h2-11H,12H2,1H3. The van der Waals surface area contributed by atoms with E-state index < -0.39 is 33.5 Å². The molecule has 0 radical (unpaired) electrons. The molecule has 0 saturated heterocycles. The summed E-state index contributed by atoms with van der Waals surface area (Å²) in [5, 5.41) is 0.248. The Labute approximate surface area is 181 Å². The van der Waals surface area contributed by atoms with Gasteiger partial charge in [-0.2, -0.15) is 0 Å². The minimum Gasteiger partial charge on any atom is -0.406 e. The van der Waals surface area contributed by atoms with Crippen LogP contribution < -0.4 is 4.74 Å². The van der Waals surface area contributed by atoms with Crippen LogP contribution in [0.15, 0.2) is 65.7 Å². The van der Waals surface area contributed by atoms with Gasteiger partial charge in [0.15, 0.2) is 15.6 Å². The van der Waals surface area contributed by atoms with Gasteiger partial charge >= 0.3 is 6.36 Å². The Morgan fingerprint density at radius 1 is 1.06 bits per heavy atom. The molecule has 0 N–H and O–H groups in total. The van der Waals surface area contributed by atoms with E-state index in [2.05, 4.69) is 9.72 Å². The number of carbonyl (C=O) groups excluding carboxylic acids is 1. The topological polar surface area (TPSA) is 73.3 Å². The van der Waals surface area contributed by atoms with Crippen LogP contribution in [0.5, 0.6) is 5.75 Å². The van der Waals surface area contributed by atoms with E-state index in [0.29, 0.717) is 5.69 Å². The normalized spacial score (nSPS) is 11.9. The van der Waals surface area contributed by atoms with Crippen molar-refractivity contribution in [1.82, 2.24) is 4.98 Å². The highest BCUT2D eigenvalue weighted by Gasteiger charge is 2.31. The molecule has 0 unspecified atom stereocenters. The Hall–Kier alpha value is -2.91. The third kappa shape index (κ3) is 5.83. The van der Waals surface area contributed by atoms with Crippen LogP contribution in [0.3, 0.4) is 0 Å². The molecule has 0 aliphatic rings. The first-order chi connectivity index (χ1) is 14.4. The maximum absolute atomic E-state index is 12.9. The van der Waals surface area contributed by atoms with E-state index in [0.717, 1.165) is 24.3 Å². The fourth-order valence-electron chi connectivity index (χ4n) is 2.78. The molecule has 0 aliphatic heterocycles. The summed E-state index contributed by atoms with van der Waals surface area (Å²) < 4.78 is 66.3. The highest BCUT2D eigenvalue weighted by atomic mass is 35.5. The smallest absolute Gasteiger partial charge is 0.406 e. The molecule has 3 rings (SSSR count). The molecule has 3 aromatic rings. The number of aryl methyl sites for hydroxylation is 1. The molecular formula is C21H15ClF3NO4S. The number of aromatic nitrogens is 1. The summed E-state index contributed by atoms with van der Waals surface area (Å²) in [6, 6.07) is 11.3. The molecule has 1 heterocycles. The van der Waals surface area contributed by atoms with Crippen LogP contribution in [0.2, 0.25) is 5.02 Å². The van der Waals surface area contributed by atoms with Gasteiger partial charge in [-0.15, -0.1) is 13.2 Å². The van der Waals surface area contributed by atoms with E-state index >= 15 is 0 Å². The first-order valence-corrected chi connectivity index (χ1v) is 10.8. The second-order valence-electron chi connectivity index (χ2n) is 6.60. The number of halogens is 4. The zero-order valence-corrected chi connectivity index (χ0v) is 17.6. The summed E-state index contributed by atoms with van der Waals surface area (Å²) >= 11 is 6.01. The van der Waals surface area contributed by atoms with Crippen LogP contribution in [-0.2, 0) is 15.6 Å². The fourth-order valence-corrected chi connectivity index (χ4v) is 4.33. The number of pyridine rings is 1. The van der Waals surface area contributed by atoms with Crippen molar-refractivity contribution in [2.45, 2.75) is 23.9 Å². The number of ketones is 1. The molecule has 0 amide bonds. The molecule has 10 heteroatoms. The van der Waals surface area contributed by atoms with Crippen molar-refractivity contribution in [1.29, 1.82) is 0 Å². The summed E-state index contributed by atoms with van der Waals surface area (Å²) in [6.45, 7) is 1.76. The molecule has 0 atom stereocenters. The molecule has 0 aliphatic carbocycles. The minimum absolute atomic E-state index is 0.0961. The lowest BCUT2D eigenvalue weighted by atomic mass is 10.00. The number of hydrogen-bond acceptors (Lipinski definition) is 5. The predicted molar refractivity (Wildman–Crippen MR) is 108 cm³/mol. The summed E-state index contributed by atoms with van der Waals surface area (Å²) in [5.74, 6) is -1.54. The molecule has 0 spiro atoms. The van der Waals surface area contributed by atoms with E-state index in [-0.39, 0.29) is 26.6 Å². The van der Waals surface area contributed by atoms with Crippen LogP contribution in [0.1, 0.15) is 27.2 Å². The molecular weight excluding hydrogens is 455 g/mol. The number of benzene rings is 2. The highest BCUT2D eigenvalue weighted by Crippen LogP contribution is 2.27. The minimum atomic E-state index is -4.89. The SMILES string of the molecule is Cc1ccc(C(=O)c2cc(Cl)ccc2CS(=O)(=O)c2ccc(OC(F)(F)F)cc2)cn1. The molecule has 1 aromatic heterocycles. The van der Waals surface area contributed by atoms with Gasteiger partial charge in [0.05, 0.1) is 10.6 Å². The largest absolute Gasteiger partial charge is 0.573 e. The molecule has 162 valence electrons. The maximum Gasteiger partial charge on any atom is 0.573 e. The number of alkyl halides is 3. The van der Waals surface area contributed by atoms with Crippen molar-refractivity contribution in [3.63, 3.8) is 0 Å². The summed E-state index contributed by atoms with van der Waals surface area (Å²) in [6.07, 6.45) is -3.50. The number of carbonyl (C=O) groups is 1. The highest BCUT2D eigenvalue weighted by molar-refractivity contribution is 7.90. The van der Waals surface area contributed by atoms with Crippen molar-refractivity contribution < 1.29 is 31.1 Å². The van der Waals surface area contributed by atoms with Crippen LogP contribution in [0.25, 0.3) is 0 Å². The van der Waals surface area contributed by atoms with Crippen LogP contribution in [-0.4, -0.2) is 25.5 Å². The van der Waals surface area contributed by atoms with Gasteiger partial charge in [0, 0.05) is 28.0 Å². The number of ether oxygens (including phenoxy) is 1. The third-order valence-corrected chi connectivity index (χ3v) is 6.17. The molecule has 5 nitrogen and oxygen atoms in total. The Bertz CT molecular complexity index is 1210. The summed E-state index contributed by atoms with van der Waals surface area (Å²) in [7, 11) is -3.98. The van der Waals surface area contributed by atoms with Crippen LogP contribution in [0.4, 0.5) is 13.2 Å². The molecule has 0 bridgehead atoms. The number of rotatable bonds is 6. The average Bonchev–Trinajstić information content (AvgIpc) is 2.68. The van der Waals surface area contributed by atoms with Crippen molar-refractivity contribution in [3.05, 3.63) is 88.2 Å². The third-order valence-electron chi connectivity index (χ3n) is 4.25. The lowest BCUT2D eigenvalue weighted by molar-refractivity contribution is -0.274. The van der Waals surface area contributed by atoms with Crippen LogP contribution >= 0.6 is 11.6 Å². The van der Waals surface area contributed by atoms with Gasteiger partial charge in [-0.05, 0) is 61.0 Å². The van der Waals surface area contributed by atoms with Crippen molar-refractivity contribution >= 4 is 27.2 Å². The quantitative estimate of drug-likeness (QED) is 0.467. The predicted octanol–water partition coefficient (Wildman–Crippen LogP) is 5.15. The molecule has 31 heavy (non-hydrogen) atoms. The zero-order chi connectivity index (χ0) is 22.8. The first kappa shape index (κ1) is 22.8. The fraction of sp³-hybridized carbons (Fsp3) is 0.143. The van der Waals surface area contributed by atoms with Gasteiger partial charge in [-0.1, -0.05) is 17.7 Å². The van der Waals surface area contributed by atoms with E-state index in [1.807, 2.05) is 0 Å². The Morgan fingerprint density at radius 2 is 1.74 bits per heavy atom. The Kier molecular flexibility index (Phi) is 6.38. The van der Waals surface area contributed by atoms with E-state index in [4.69, 9.17) is 11.6 Å². The van der Waals surface area contributed by atoms with Gasteiger partial charge in [0.2, 0.25) is 0 Å². The van der Waals surface area contributed by atoms with Crippen molar-refractivity contribution in [2.75, 3.05) is 0 Å². The Balaban J connectivity index is 1.91. The second kappa shape index (κ2) is 8.68. The van der Waals surface area contributed by atoms with Gasteiger partial charge in [-0.25, -0.2) is 8.42 Å². The maximum atomic E-state index is 12.9.